The molecule has 3 aromatic rings. The van der Waals surface area contributed by atoms with Crippen molar-refractivity contribution in [1.82, 2.24) is 4.57 Å². The van der Waals surface area contributed by atoms with E-state index < -0.39 is 4.92 Å². The molecular weight excluding hydrogens is 326 g/mol. The molecule has 5 nitrogen and oxygen atoms in total. The lowest BCUT2D eigenvalue weighted by molar-refractivity contribution is -0.384. The highest BCUT2D eigenvalue weighted by Crippen LogP contribution is 2.26. The number of nitro groups is 1. The number of hydrogen-bond donors (Lipinski definition) is 0. The molecule has 0 bridgehead atoms. The Bertz CT molecular complexity index is 1020. The van der Waals surface area contributed by atoms with Gasteiger partial charge in [0.15, 0.2) is 0 Å². The van der Waals surface area contributed by atoms with Gasteiger partial charge in [-0.3, -0.25) is 10.1 Å². The van der Waals surface area contributed by atoms with Crippen LogP contribution in [0.5, 0.6) is 0 Å². The Labute approximate surface area is 151 Å². The fraction of sp³-hybridized carbons (Fsp3) is 0.0952. The summed E-state index contributed by atoms with van der Waals surface area (Å²) in [6, 6.07) is 20.3. The second-order valence-electron chi connectivity index (χ2n) is 5.97. The topological polar surface area (TPSA) is 71.9 Å². The summed E-state index contributed by atoms with van der Waals surface area (Å²) in [5.41, 5.74) is 5.24. The SMILES string of the molecule is Cc1cc(/C=C(/C#N)c2ccc([N+](=O)[O-])cc2)c(C)n1-c1ccccc1. The van der Waals surface area contributed by atoms with Crippen molar-refractivity contribution in [2.45, 2.75) is 13.8 Å². The molecule has 5 heteroatoms. The molecule has 0 N–H and O–H groups in total. The van der Waals surface area contributed by atoms with Crippen molar-refractivity contribution < 1.29 is 4.92 Å². The third kappa shape index (κ3) is 3.26. The molecule has 0 spiro atoms. The van der Waals surface area contributed by atoms with Crippen molar-refractivity contribution in [1.29, 1.82) is 5.26 Å². The van der Waals surface area contributed by atoms with Crippen molar-refractivity contribution in [2.24, 2.45) is 0 Å². The van der Waals surface area contributed by atoms with Crippen molar-refractivity contribution >= 4 is 17.3 Å². The maximum Gasteiger partial charge on any atom is 0.269 e. The van der Waals surface area contributed by atoms with E-state index in [4.69, 9.17) is 0 Å². The Morgan fingerprint density at radius 1 is 1.12 bits per heavy atom. The Hall–Kier alpha value is -3.65. The highest BCUT2D eigenvalue weighted by Gasteiger charge is 2.11. The first-order valence-electron chi connectivity index (χ1n) is 8.12. The van der Waals surface area contributed by atoms with Crippen LogP contribution in [-0.2, 0) is 0 Å². The average Bonchev–Trinajstić information content (AvgIpc) is 2.93. The Morgan fingerprint density at radius 2 is 1.77 bits per heavy atom. The predicted molar refractivity (Wildman–Crippen MR) is 102 cm³/mol. The van der Waals surface area contributed by atoms with Crippen LogP contribution in [0.2, 0.25) is 0 Å². The predicted octanol–water partition coefficient (Wildman–Crippen LogP) is 5.07. The van der Waals surface area contributed by atoms with Gasteiger partial charge < -0.3 is 4.57 Å². The van der Waals surface area contributed by atoms with Crippen LogP contribution >= 0.6 is 0 Å². The molecule has 0 amide bonds. The molecule has 0 aliphatic carbocycles. The van der Waals surface area contributed by atoms with E-state index in [-0.39, 0.29) is 5.69 Å². The summed E-state index contributed by atoms with van der Waals surface area (Å²) in [7, 11) is 0. The van der Waals surface area contributed by atoms with E-state index in [1.54, 1.807) is 12.1 Å². The molecule has 3 rings (SSSR count). The van der Waals surface area contributed by atoms with Gasteiger partial charge in [0.1, 0.15) is 0 Å². The number of nitro benzene ring substituents is 1. The van der Waals surface area contributed by atoms with Crippen LogP contribution in [0.25, 0.3) is 17.3 Å². The molecule has 0 aliphatic rings. The van der Waals surface area contributed by atoms with Gasteiger partial charge in [0, 0.05) is 29.2 Å². The van der Waals surface area contributed by atoms with E-state index in [0.717, 1.165) is 22.6 Å². The number of aryl methyl sites for hydroxylation is 1. The molecule has 0 radical (unpaired) electrons. The second-order valence-corrected chi connectivity index (χ2v) is 5.97. The maximum atomic E-state index is 10.8. The minimum atomic E-state index is -0.451. The summed E-state index contributed by atoms with van der Waals surface area (Å²) in [5, 5.41) is 20.3. The first-order chi connectivity index (χ1) is 12.5. The van der Waals surface area contributed by atoms with Crippen LogP contribution in [0.1, 0.15) is 22.5 Å². The second kappa shape index (κ2) is 7.08. The van der Waals surface area contributed by atoms with Gasteiger partial charge in [-0.25, -0.2) is 0 Å². The summed E-state index contributed by atoms with van der Waals surface area (Å²) in [6.45, 7) is 4.03. The van der Waals surface area contributed by atoms with Crippen molar-refractivity contribution in [3.63, 3.8) is 0 Å². The Morgan fingerprint density at radius 3 is 2.35 bits per heavy atom. The third-order valence-electron chi connectivity index (χ3n) is 4.29. The zero-order chi connectivity index (χ0) is 18.7. The molecule has 0 fully saturated rings. The molecule has 128 valence electrons. The van der Waals surface area contributed by atoms with Crippen LogP contribution in [0.4, 0.5) is 5.69 Å². The first kappa shape index (κ1) is 17.2. The first-order valence-corrected chi connectivity index (χ1v) is 8.12. The van der Waals surface area contributed by atoms with Crippen LogP contribution in [0, 0.1) is 35.3 Å². The fourth-order valence-electron chi connectivity index (χ4n) is 3.01. The smallest absolute Gasteiger partial charge is 0.269 e. The molecule has 1 heterocycles. The van der Waals surface area contributed by atoms with E-state index in [9.17, 15) is 15.4 Å². The van der Waals surface area contributed by atoms with Crippen LogP contribution in [0.3, 0.4) is 0 Å². The number of allylic oxidation sites excluding steroid dienone is 1. The number of non-ortho nitro benzene ring substituents is 1. The molecule has 0 atom stereocenters. The van der Waals surface area contributed by atoms with E-state index in [1.807, 2.05) is 56.3 Å². The molecule has 0 aliphatic heterocycles. The number of nitrogens with zero attached hydrogens (tertiary/aromatic N) is 3. The van der Waals surface area contributed by atoms with Crippen molar-refractivity contribution in [2.75, 3.05) is 0 Å². The van der Waals surface area contributed by atoms with Gasteiger partial charge in [-0.1, -0.05) is 18.2 Å². The number of para-hydroxylation sites is 1. The molecule has 26 heavy (non-hydrogen) atoms. The molecule has 0 saturated carbocycles. The number of rotatable bonds is 4. The van der Waals surface area contributed by atoms with Crippen molar-refractivity contribution in [3.8, 4) is 11.8 Å². The van der Waals surface area contributed by atoms with E-state index >= 15 is 0 Å². The van der Waals surface area contributed by atoms with E-state index in [2.05, 4.69) is 10.6 Å². The normalized spacial score (nSPS) is 11.2. The summed E-state index contributed by atoms with van der Waals surface area (Å²) in [5.74, 6) is 0. The van der Waals surface area contributed by atoms with Gasteiger partial charge in [-0.05, 0) is 61.4 Å². The minimum absolute atomic E-state index is 0.00768. The van der Waals surface area contributed by atoms with E-state index in [1.165, 1.54) is 12.1 Å². The number of benzene rings is 2. The van der Waals surface area contributed by atoms with Crippen LogP contribution < -0.4 is 0 Å². The zero-order valence-corrected chi connectivity index (χ0v) is 14.5. The van der Waals surface area contributed by atoms with Gasteiger partial charge in [-0.15, -0.1) is 0 Å². The van der Waals surface area contributed by atoms with Crippen molar-refractivity contribution in [3.05, 3.63) is 93.3 Å². The summed E-state index contributed by atoms with van der Waals surface area (Å²) >= 11 is 0. The van der Waals surface area contributed by atoms with E-state index in [0.29, 0.717) is 11.1 Å². The highest BCUT2D eigenvalue weighted by atomic mass is 16.6. The van der Waals surface area contributed by atoms with Gasteiger partial charge >= 0.3 is 0 Å². The average molecular weight is 343 g/mol. The number of hydrogen-bond acceptors (Lipinski definition) is 3. The minimum Gasteiger partial charge on any atom is -0.318 e. The van der Waals surface area contributed by atoms with Gasteiger partial charge in [0.25, 0.3) is 5.69 Å². The number of nitriles is 1. The lowest BCUT2D eigenvalue weighted by atomic mass is 10.0. The number of aromatic nitrogens is 1. The fourth-order valence-corrected chi connectivity index (χ4v) is 3.01. The molecule has 2 aromatic carbocycles. The zero-order valence-electron chi connectivity index (χ0n) is 14.5. The van der Waals surface area contributed by atoms with Gasteiger partial charge in [0.05, 0.1) is 16.6 Å². The largest absolute Gasteiger partial charge is 0.318 e. The quantitative estimate of drug-likeness (QED) is 0.377. The maximum absolute atomic E-state index is 10.8. The highest BCUT2D eigenvalue weighted by molar-refractivity contribution is 5.90. The van der Waals surface area contributed by atoms with Gasteiger partial charge in [-0.2, -0.15) is 5.26 Å². The lowest BCUT2D eigenvalue weighted by Gasteiger charge is -2.09. The lowest BCUT2D eigenvalue weighted by Crippen LogP contribution is -1.98. The molecule has 0 saturated heterocycles. The molecule has 0 unspecified atom stereocenters. The summed E-state index contributed by atoms with van der Waals surface area (Å²) in [4.78, 5) is 10.3. The summed E-state index contributed by atoms with van der Waals surface area (Å²) in [6.07, 6.45) is 1.82. The Balaban J connectivity index is 2.03. The van der Waals surface area contributed by atoms with Gasteiger partial charge in [0.2, 0.25) is 0 Å². The standard InChI is InChI=1S/C21H17N3O2/c1-15-12-18(16(2)23(15)20-6-4-3-5-7-20)13-19(14-22)17-8-10-21(11-9-17)24(25)26/h3-13H,1-2H3/b19-13-. The van der Waals surface area contributed by atoms with Crippen LogP contribution in [-0.4, -0.2) is 9.49 Å². The third-order valence-corrected chi connectivity index (χ3v) is 4.29. The molecular formula is C21H17N3O2. The monoisotopic (exact) mass is 343 g/mol. The molecule has 1 aromatic heterocycles. The Kier molecular flexibility index (Phi) is 4.68. The van der Waals surface area contributed by atoms with Crippen LogP contribution in [0.15, 0.2) is 60.7 Å². The summed E-state index contributed by atoms with van der Waals surface area (Å²) < 4.78 is 2.14.